The summed E-state index contributed by atoms with van der Waals surface area (Å²) in [6.45, 7) is -1.89. The number of hydrogen-bond donors (Lipinski definition) is 12. The number of carbonyl (C=O) groups is 2. The molecule has 0 radical (unpaired) electrons. The van der Waals surface area contributed by atoms with Crippen molar-refractivity contribution >= 4 is 11.8 Å². The Morgan fingerprint density at radius 3 is 1.05 bits per heavy atom. The first-order valence-corrected chi connectivity index (χ1v) is 11.3. The van der Waals surface area contributed by atoms with Crippen LogP contribution in [0.4, 0.5) is 0 Å². The number of likely N-dealkylation sites (N-methyl/N-ethyl adjacent to an activating group) is 2. The van der Waals surface area contributed by atoms with Gasteiger partial charge < -0.3 is 71.1 Å². The zero-order valence-electron chi connectivity index (χ0n) is 20.6. The van der Waals surface area contributed by atoms with E-state index in [1.807, 2.05) is 0 Å². The molecule has 38 heavy (non-hydrogen) atoms. The SMILES string of the molecule is CN(C(=O)c1ccc(C(=O)N(C)C(O)[C@H](O)[C@H](O)[C@H](O)[C@@H](O)CO)cc1)C(O)[C@H](O)[C@H](O)[C@H](O)[C@@H](O)CO. The molecule has 0 aliphatic carbocycles. The molecule has 0 aliphatic heterocycles. The lowest BCUT2D eigenvalue weighted by molar-refractivity contribution is -0.160. The van der Waals surface area contributed by atoms with Crippen LogP contribution in [0.5, 0.6) is 0 Å². The van der Waals surface area contributed by atoms with Crippen LogP contribution in [0.2, 0.25) is 0 Å². The summed E-state index contributed by atoms with van der Waals surface area (Å²) >= 11 is 0. The minimum absolute atomic E-state index is 0.111. The van der Waals surface area contributed by atoms with Crippen molar-refractivity contribution < 1.29 is 70.9 Å². The fraction of sp³-hybridized carbons (Fsp3) is 0.636. The molecule has 16 heteroatoms. The average Bonchev–Trinajstić information content (AvgIpc) is 2.95. The van der Waals surface area contributed by atoms with Gasteiger partial charge in [0, 0.05) is 25.2 Å². The standard InChI is InChI=1S/C22H36N2O14/c1-23(21(37)17(33)15(31)13(29)11(27)7-25)19(35)9-3-5-10(6-4-9)20(36)24(2)22(38)18(34)16(32)14(30)12(28)8-26/h3-6,11-18,21-22,25-34,37-38H,7-8H2,1-2H3/t11-,12-,13+,14+,15+,16+,17+,18+,21?,22?/m0/s1. The van der Waals surface area contributed by atoms with Crippen LogP contribution in [0, 0.1) is 0 Å². The predicted octanol–water partition coefficient (Wildman–Crippen LogP) is -6.66. The van der Waals surface area contributed by atoms with Gasteiger partial charge >= 0.3 is 0 Å². The number of amides is 2. The predicted molar refractivity (Wildman–Crippen MR) is 125 cm³/mol. The Morgan fingerprint density at radius 2 is 0.816 bits per heavy atom. The Labute approximate surface area is 217 Å². The average molecular weight is 553 g/mol. The van der Waals surface area contributed by atoms with Crippen LogP contribution < -0.4 is 0 Å². The van der Waals surface area contributed by atoms with Crippen LogP contribution in [0.3, 0.4) is 0 Å². The molecule has 0 saturated heterocycles. The third-order valence-electron chi connectivity index (χ3n) is 5.99. The molecule has 0 fully saturated rings. The van der Waals surface area contributed by atoms with Crippen molar-refractivity contribution in [3.8, 4) is 0 Å². The third kappa shape index (κ3) is 7.85. The van der Waals surface area contributed by atoms with E-state index in [2.05, 4.69) is 0 Å². The van der Waals surface area contributed by atoms with Gasteiger partial charge in [-0.05, 0) is 24.3 Å². The molecule has 0 heterocycles. The minimum atomic E-state index is -2.14. The molecule has 1 rings (SSSR count). The summed E-state index contributed by atoms with van der Waals surface area (Å²) in [4.78, 5) is 26.5. The van der Waals surface area contributed by atoms with Gasteiger partial charge in [-0.2, -0.15) is 0 Å². The van der Waals surface area contributed by atoms with E-state index < -0.39 is 86.3 Å². The molecule has 0 aliphatic rings. The largest absolute Gasteiger partial charge is 0.394 e. The van der Waals surface area contributed by atoms with Gasteiger partial charge in [-0.25, -0.2) is 0 Å². The van der Waals surface area contributed by atoms with E-state index in [-0.39, 0.29) is 11.1 Å². The van der Waals surface area contributed by atoms with Crippen LogP contribution in [-0.2, 0) is 0 Å². The number of benzene rings is 1. The molecule has 0 spiro atoms. The molecule has 2 amide bonds. The van der Waals surface area contributed by atoms with E-state index in [0.29, 0.717) is 9.80 Å². The Hall–Kier alpha value is -2.32. The van der Waals surface area contributed by atoms with Gasteiger partial charge in [0.25, 0.3) is 11.8 Å². The maximum atomic E-state index is 12.7. The number of carbonyl (C=O) groups excluding carboxylic acids is 2. The number of aliphatic hydroxyl groups is 12. The maximum absolute atomic E-state index is 12.7. The molecule has 0 aromatic heterocycles. The second-order valence-corrected chi connectivity index (χ2v) is 8.68. The Morgan fingerprint density at radius 1 is 0.553 bits per heavy atom. The Balaban J connectivity index is 2.92. The van der Waals surface area contributed by atoms with Crippen molar-refractivity contribution in [2.45, 2.75) is 61.3 Å². The van der Waals surface area contributed by atoms with Crippen molar-refractivity contribution in [3.63, 3.8) is 0 Å². The van der Waals surface area contributed by atoms with E-state index in [9.17, 15) is 60.7 Å². The zero-order valence-corrected chi connectivity index (χ0v) is 20.6. The highest BCUT2D eigenvalue weighted by atomic mass is 16.4. The highest BCUT2D eigenvalue weighted by Crippen LogP contribution is 2.17. The molecule has 16 nitrogen and oxygen atoms in total. The van der Waals surface area contributed by atoms with Crippen LogP contribution in [-0.4, -0.2) is 171 Å². The summed E-state index contributed by atoms with van der Waals surface area (Å²) in [7, 11) is 2.10. The van der Waals surface area contributed by atoms with Crippen molar-refractivity contribution in [1.29, 1.82) is 0 Å². The lowest BCUT2D eigenvalue weighted by atomic mass is 10.0. The van der Waals surface area contributed by atoms with Gasteiger partial charge in [0.05, 0.1) is 13.2 Å². The van der Waals surface area contributed by atoms with Gasteiger partial charge in [0.2, 0.25) is 0 Å². The second kappa shape index (κ2) is 14.7. The van der Waals surface area contributed by atoms with Crippen LogP contribution in [0.25, 0.3) is 0 Å². The van der Waals surface area contributed by atoms with E-state index in [4.69, 9.17) is 10.2 Å². The lowest BCUT2D eigenvalue weighted by Crippen LogP contribution is -2.55. The molecule has 2 unspecified atom stereocenters. The van der Waals surface area contributed by atoms with Gasteiger partial charge in [-0.15, -0.1) is 0 Å². The zero-order chi connectivity index (χ0) is 29.5. The van der Waals surface area contributed by atoms with Crippen LogP contribution >= 0.6 is 0 Å². The normalized spacial score (nSPS) is 19.7. The minimum Gasteiger partial charge on any atom is -0.394 e. The van der Waals surface area contributed by atoms with Crippen molar-refractivity contribution in [1.82, 2.24) is 9.80 Å². The fourth-order valence-corrected chi connectivity index (χ4v) is 3.29. The van der Waals surface area contributed by atoms with E-state index >= 15 is 0 Å². The van der Waals surface area contributed by atoms with Gasteiger partial charge in [0.1, 0.15) is 48.8 Å². The monoisotopic (exact) mass is 552 g/mol. The molecule has 12 N–H and O–H groups in total. The van der Waals surface area contributed by atoms with Crippen LogP contribution in [0.1, 0.15) is 20.7 Å². The number of aliphatic hydroxyl groups excluding tert-OH is 12. The molecule has 10 atom stereocenters. The first kappa shape index (κ1) is 33.7. The van der Waals surface area contributed by atoms with E-state index in [1.165, 1.54) is 0 Å². The molecule has 218 valence electrons. The molecular formula is C22H36N2O14. The first-order valence-electron chi connectivity index (χ1n) is 11.3. The van der Waals surface area contributed by atoms with Crippen molar-refractivity contribution in [2.24, 2.45) is 0 Å². The number of rotatable bonds is 14. The quantitative estimate of drug-likeness (QED) is 0.0956. The molecule has 1 aromatic carbocycles. The number of nitrogens with zero attached hydrogens (tertiary/aromatic N) is 2. The molecular weight excluding hydrogens is 516 g/mol. The second-order valence-electron chi connectivity index (χ2n) is 8.68. The summed E-state index contributed by atoms with van der Waals surface area (Å²) in [5.74, 6) is -1.80. The summed E-state index contributed by atoms with van der Waals surface area (Å²) < 4.78 is 0. The van der Waals surface area contributed by atoms with Crippen molar-refractivity contribution in [3.05, 3.63) is 35.4 Å². The molecule has 1 aromatic rings. The van der Waals surface area contributed by atoms with Gasteiger partial charge in [-0.3, -0.25) is 9.59 Å². The first-order chi connectivity index (χ1) is 17.6. The van der Waals surface area contributed by atoms with E-state index in [0.717, 1.165) is 38.4 Å². The van der Waals surface area contributed by atoms with Gasteiger partial charge in [-0.1, -0.05) is 0 Å². The summed E-state index contributed by atoms with van der Waals surface area (Å²) in [5.41, 5.74) is -0.221. The fourth-order valence-electron chi connectivity index (χ4n) is 3.29. The Bertz CT molecular complexity index is 818. The highest BCUT2D eigenvalue weighted by Gasteiger charge is 2.38. The highest BCUT2D eigenvalue weighted by molar-refractivity contribution is 5.97. The lowest BCUT2D eigenvalue weighted by Gasteiger charge is -2.33. The smallest absolute Gasteiger partial charge is 0.255 e. The molecule has 0 saturated carbocycles. The van der Waals surface area contributed by atoms with Crippen molar-refractivity contribution in [2.75, 3.05) is 27.3 Å². The van der Waals surface area contributed by atoms with Crippen LogP contribution in [0.15, 0.2) is 24.3 Å². The Kier molecular flexibility index (Phi) is 13.1. The summed E-state index contributed by atoms with van der Waals surface area (Å²) in [6.07, 6.45) is -20.4. The molecule has 0 bridgehead atoms. The topological polar surface area (TPSA) is 283 Å². The van der Waals surface area contributed by atoms with E-state index in [1.54, 1.807) is 0 Å². The maximum Gasteiger partial charge on any atom is 0.255 e. The summed E-state index contributed by atoms with van der Waals surface area (Å²) in [5, 5.41) is 116. The van der Waals surface area contributed by atoms with Gasteiger partial charge in [0.15, 0.2) is 12.5 Å². The summed E-state index contributed by atoms with van der Waals surface area (Å²) in [6, 6.07) is 4.55. The number of hydrogen-bond acceptors (Lipinski definition) is 14. The third-order valence-corrected chi connectivity index (χ3v) is 5.99.